The van der Waals surface area contributed by atoms with Crippen LogP contribution < -0.4 is 0 Å². The highest BCUT2D eigenvalue weighted by Gasteiger charge is 2.14. The molecule has 48 valence electrons. The molecule has 0 bridgehead atoms. The monoisotopic (exact) mass is 159 g/mol. The summed E-state index contributed by atoms with van der Waals surface area (Å²) in [5, 5.41) is 0. The van der Waals surface area contributed by atoms with Crippen molar-refractivity contribution in [3.05, 3.63) is 0 Å². The minimum absolute atomic E-state index is 0.412. The Morgan fingerprint density at radius 3 is 2.25 bits per heavy atom. The van der Waals surface area contributed by atoms with Crippen LogP contribution in [0, 0.1) is 0 Å². The topological polar surface area (TPSA) is 83.8 Å². The highest BCUT2D eigenvalue weighted by molar-refractivity contribution is 7.46. The van der Waals surface area contributed by atoms with Crippen molar-refractivity contribution in [3.8, 4) is 0 Å². The van der Waals surface area contributed by atoms with Crippen molar-refractivity contribution in [2.24, 2.45) is 0 Å². The lowest BCUT2D eigenvalue weighted by molar-refractivity contribution is 0.225. The van der Waals surface area contributed by atoms with Gasteiger partial charge in [0.2, 0.25) is 0 Å². The van der Waals surface area contributed by atoms with Gasteiger partial charge in [0.25, 0.3) is 6.35 Å². The molecule has 0 aromatic heterocycles. The highest BCUT2D eigenvalue weighted by Crippen LogP contribution is 2.36. The van der Waals surface area contributed by atoms with Crippen LogP contribution in [0.15, 0.2) is 0 Å². The fourth-order valence-corrected chi connectivity index (χ4v) is 0.994. The molecule has 1 unspecified atom stereocenters. The second-order valence-electron chi connectivity index (χ2n) is 0.908. The molecule has 5 nitrogen and oxygen atoms in total. The molecular weight excluding hydrogens is 154 g/mol. The summed E-state index contributed by atoms with van der Waals surface area (Å²) >= 11 is 0. The first-order valence-corrected chi connectivity index (χ1v) is 4.26. The van der Waals surface area contributed by atoms with E-state index in [2.05, 4.69) is 4.52 Å². The number of hydrogen-bond acceptors (Lipinski definition) is 3. The van der Waals surface area contributed by atoms with E-state index in [1.165, 1.54) is 0 Å². The van der Waals surface area contributed by atoms with Crippen LogP contribution in [-0.4, -0.2) is 16.1 Å². The van der Waals surface area contributed by atoms with Crippen LogP contribution in [0.25, 0.3) is 0 Å². The maximum atomic E-state index is 9.73. The van der Waals surface area contributed by atoms with Crippen molar-refractivity contribution in [3.63, 3.8) is 0 Å². The van der Waals surface area contributed by atoms with Gasteiger partial charge in [-0.05, 0) is 0 Å². The Bertz CT molecular complexity index is 114. The smallest absolute Gasteiger partial charge is 0.303 e. The Morgan fingerprint density at radius 2 is 2.12 bits per heavy atom. The van der Waals surface area contributed by atoms with Gasteiger partial charge >= 0.3 is 16.3 Å². The molecule has 0 aromatic carbocycles. The second kappa shape index (κ2) is 3.28. The SMILES string of the molecule is O=[PH+]COP(=O)(O)O. The van der Waals surface area contributed by atoms with Gasteiger partial charge in [-0.15, -0.1) is 0 Å². The van der Waals surface area contributed by atoms with Crippen LogP contribution in [0.1, 0.15) is 0 Å². The van der Waals surface area contributed by atoms with E-state index in [0.717, 1.165) is 0 Å². The number of hydrogen-bond donors (Lipinski definition) is 2. The third kappa shape index (κ3) is 6.21. The Balaban J connectivity index is 3.40. The number of rotatable bonds is 3. The van der Waals surface area contributed by atoms with Crippen LogP contribution >= 0.6 is 16.3 Å². The molecule has 1 atom stereocenters. The van der Waals surface area contributed by atoms with Gasteiger partial charge in [-0.3, -0.25) is 0 Å². The second-order valence-corrected chi connectivity index (χ2v) is 2.73. The van der Waals surface area contributed by atoms with Gasteiger partial charge in [0.05, 0.1) is 0 Å². The summed E-state index contributed by atoms with van der Waals surface area (Å²) in [6, 6.07) is 0. The van der Waals surface area contributed by atoms with E-state index in [4.69, 9.17) is 9.79 Å². The maximum Gasteiger partial charge on any atom is 0.473 e. The minimum Gasteiger partial charge on any atom is -0.303 e. The van der Waals surface area contributed by atoms with E-state index in [1.54, 1.807) is 0 Å². The predicted molar refractivity (Wildman–Crippen MR) is 27.0 cm³/mol. The Morgan fingerprint density at radius 1 is 1.62 bits per heavy atom. The quantitative estimate of drug-likeness (QED) is 0.569. The van der Waals surface area contributed by atoms with Crippen LogP contribution in [-0.2, 0) is 13.7 Å². The summed E-state index contributed by atoms with van der Waals surface area (Å²) in [6.07, 6.45) is -0.412. The fraction of sp³-hybridized carbons (Fsp3) is 1.00. The summed E-state index contributed by atoms with van der Waals surface area (Å²) in [5.41, 5.74) is 0. The zero-order valence-electron chi connectivity index (χ0n) is 3.77. The number of phosphoric ester groups is 1. The average Bonchev–Trinajstić information content (AvgIpc) is 1.59. The molecule has 0 rings (SSSR count). The summed E-state index contributed by atoms with van der Waals surface area (Å²) in [7, 11) is -5.21. The summed E-state index contributed by atoms with van der Waals surface area (Å²) in [5.74, 6) is 0. The van der Waals surface area contributed by atoms with E-state index >= 15 is 0 Å². The molecule has 7 heteroatoms. The van der Waals surface area contributed by atoms with E-state index in [0.29, 0.717) is 0 Å². The van der Waals surface area contributed by atoms with Gasteiger partial charge < -0.3 is 9.79 Å². The van der Waals surface area contributed by atoms with E-state index in [-0.39, 0.29) is 0 Å². The molecule has 0 amide bonds. The lowest BCUT2D eigenvalue weighted by Gasteiger charge is -1.94. The average molecular weight is 159 g/mol. The molecular formula is CH5O5P2+. The first kappa shape index (κ1) is 8.21. The molecule has 0 aliphatic rings. The molecule has 0 aliphatic carbocycles. The van der Waals surface area contributed by atoms with Crippen LogP contribution in [0.2, 0.25) is 0 Å². The van der Waals surface area contributed by atoms with Crippen LogP contribution in [0.3, 0.4) is 0 Å². The fourth-order valence-electron chi connectivity index (χ4n) is 0.110. The van der Waals surface area contributed by atoms with Gasteiger partial charge in [0.1, 0.15) is 0 Å². The standard InChI is InChI=1S/CH4O5P2/c2-7-1-6-8(3,4)5/h1H2,(H2,3,4,5)/p+1. The third-order valence-corrected chi connectivity index (χ3v) is 1.26. The molecule has 0 aromatic rings. The van der Waals surface area contributed by atoms with E-state index < -0.39 is 22.6 Å². The van der Waals surface area contributed by atoms with Crippen molar-refractivity contribution in [2.45, 2.75) is 0 Å². The summed E-state index contributed by atoms with van der Waals surface area (Å²) in [6.45, 7) is 0. The van der Waals surface area contributed by atoms with Gasteiger partial charge in [0, 0.05) is 0 Å². The predicted octanol–water partition coefficient (Wildman–Crippen LogP) is 0.0772. The number of phosphoric acid groups is 1. The first-order valence-electron chi connectivity index (χ1n) is 1.61. The molecule has 0 saturated carbocycles. The lowest BCUT2D eigenvalue weighted by atomic mass is 11.7. The van der Waals surface area contributed by atoms with Gasteiger partial charge in [-0.25, -0.2) is 9.09 Å². The molecule has 0 saturated heterocycles. The molecule has 8 heavy (non-hydrogen) atoms. The molecule has 0 radical (unpaired) electrons. The van der Waals surface area contributed by atoms with E-state index in [9.17, 15) is 9.13 Å². The summed E-state index contributed by atoms with van der Waals surface area (Å²) < 4.78 is 23.0. The molecule has 0 spiro atoms. The van der Waals surface area contributed by atoms with E-state index in [1.807, 2.05) is 0 Å². The molecule has 0 heterocycles. The van der Waals surface area contributed by atoms with Gasteiger partial charge in [0.15, 0.2) is 0 Å². The first-order chi connectivity index (χ1) is 3.56. The minimum atomic E-state index is -4.38. The molecule has 2 N–H and O–H groups in total. The van der Waals surface area contributed by atoms with Crippen LogP contribution in [0.5, 0.6) is 0 Å². The Labute approximate surface area is 47.1 Å². The highest BCUT2D eigenvalue weighted by atomic mass is 31.2. The zero-order valence-corrected chi connectivity index (χ0v) is 5.67. The Kier molecular flexibility index (Phi) is 3.36. The third-order valence-electron chi connectivity index (χ3n) is 0.292. The van der Waals surface area contributed by atoms with Crippen molar-refractivity contribution in [2.75, 3.05) is 6.35 Å². The molecule has 0 aliphatic heterocycles. The Hall–Kier alpha value is 0.210. The van der Waals surface area contributed by atoms with Gasteiger partial charge in [-0.2, -0.15) is 0 Å². The molecule has 0 fully saturated rings. The van der Waals surface area contributed by atoms with Crippen molar-refractivity contribution in [1.29, 1.82) is 0 Å². The van der Waals surface area contributed by atoms with Crippen molar-refractivity contribution < 1.29 is 23.4 Å². The largest absolute Gasteiger partial charge is 0.473 e. The van der Waals surface area contributed by atoms with Crippen molar-refractivity contribution in [1.82, 2.24) is 0 Å². The normalized spacial score (nSPS) is 12.2. The summed E-state index contributed by atoms with van der Waals surface area (Å²) in [4.78, 5) is 15.8. The maximum absolute atomic E-state index is 9.73. The zero-order chi connectivity index (χ0) is 6.62. The lowest BCUT2D eigenvalue weighted by Crippen LogP contribution is -1.82. The van der Waals surface area contributed by atoms with Gasteiger partial charge in [-0.1, -0.05) is 4.57 Å². The van der Waals surface area contributed by atoms with Crippen molar-refractivity contribution >= 4 is 16.3 Å². The van der Waals surface area contributed by atoms with Crippen LogP contribution in [0.4, 0.5) is 0 Å².